The van der Waals surface area contributed by atoms with Crippen LogP contribution in [-0.4, -0.2) is 29.7 Å². The largest absolute Gasteiger partial charge is 0.486 e. The van der Waals surface area contributed by atoms with Crippen LogP contribution in [0.1, 0.15) is 47.5 Å². The monoisotopic (exact) mass is 362 g/mol. The summed E-state index contributed by atoms with van der Waals surface area (Å²) in [6.45, 7) is 12.5. The van der Waals surface area contributed by atoms with Crippen molar-refractivity contribution in [2.75, 3.05) is 0 Å². The Balaban J connectivity index is 2.61. The van der Waals surface area contributed by atoms with Crippen molar-refractivity contribution in [3.05, 3.63) is 43.0 Å². The maximum absolute atomic E-state index is 12.3. The van der Waals surface area contributed by atoms with Gasteiger partial charge in [-0.1, -0.05) is 31.2 Å². The van der Waals surface area contributed by atoms with Crippen molar-refractivity contribution < 1.29 is 23.8 Å². The summed E-state index contributed by atoms with van der Waals surface area (Å²) in [5.74, 6) is -0.760. The lowest BCUT2D eigenvalue weighted by molar-refractivity contribution is -0.165. The van der Waals surface area contributed by atoms with Gasteiger partial charge in [0, 0.05) is 6.42 Å². The molecule has 0 unspecified atom stereocenters. The highest BCUT2D eigenvalue weighted by atomic mass is 16.6. The van der Waals surface area contributed by atoms with Crippen molar-refractivity contribution in [2.24, 2.45) is 5.92 Å². The molecular weight excluding hydrogens is 332 g/mol. The molecule has 0 radical (unpaired) electrons. The fourth-order valence-corrected chi connectivity index (χ4v) is 2.27. The van der Waals surface area contributed by atoms with Crippen LogP contribution in [0.2, 0.25) is 0 Å². The zero-order valence-electron chi connectivity index (χ0n) is 16.4. The standard InChI is InChI=1S/C21H30O5/c1-7-11-18(25-17-12-9-8-10-13-17)16(3)24-20(23)15(2)14-19(22)26-21(4,5)6/h7-10,12-13,15-16,18H,1,11,14H2,2-6H3/t15-,16+,18-/m1/s1. The molecule has 1 aromatic rings. The molecule has 26 heavy (non-hydrogen) atoms. The van der Waals surface area contributed by atoms with Crippen LogP contribution in [-0.2, 0) is 19.1 Å². The number of esters is 2. The Labute approximate surface area is 156 Å². The van der Waals surface area contributed by atoms with Crippen LogP contribution in [0.4, 0.5) is 0 Å². The Morgan fingerprint density at radius 2 is 1.77 bits per heavy atom. The lowest BCUT2D eigenvalue weighted by Crippen LogP contribution is -2.35. The van der Waals surface area contributed by atoms with E-state index in [2.05, 4.69) is 6.58 Å². The third-order valence-electron chi connectivity index (χ3n) is 3.55. The minimum atomic E-state index is -0.589. The topological polar surface area (TPSA) is 61.8 Å². The first-order valence-corrected chi connectivity index (χ1v) is 8.87. The van der Waals surface area contributed by atoms with Crippen LogP contribution < -0.4 is 4.74 Å². The SMILES string of the molecule is C=CC[C@@H](Oc1ccccc1)[C@H](C)OC(=O)[C@H](C)CC(=O)OC(C)(C)C. The molecule has 0 heterocycles. The normalized spacial score (nSPS) is 14.7. The fraction of sp³-hybridized carbons (Fsp3) is 0.524. The van der Waals surface area contributed by atoms with Crippen LogP contribution in [0.25, 0.3) is 0 Å². The summed E-state index contributed by atoms with van der Waals surface area (Å²) in [6, 6.07) is 9.34. The molecule has 0 saturated heterocycles. The smallest absolute Gasteiger partial charge is 0.309 e. The van der Waals surface area contributed by atoms with E-state index in [4.69, 9.17) is 14.2 Å². The van der Waals surface area contributed by atoms with E-state index in [-0.39, 0.29) is 12.5 Å². The average molecular weight is 362 g/mol. The molecular formula is C21H30O5. The molecule has 0 bridgehead atoms. The summed E-state index contributed by atoms with van der Waals surface area (Å²) >= 11 is 0. The summed E-state index contributed by atoms with van der Waals surface area (Å²) in [7, 11) is 0. The van der Waals surface area contributed by atoms with E-state index in [0.717, 1.165) is 0 Å². The summed E-state index contributed by atoms with van der Waals surface area (Å²) in [5.41, 5.74) is -0.577. The zero-order valence-corrected chi connectivity index (χ0v) is 16.4. The minimum absolute atomic E-state index is 0.0194. The van der Waals surface area contributed by atoms with E-state index in [1.54, 1.807) is 40.7 Å². The third-order valence-corrected chi connectivity index (χ3v) is 3.55. The lowest BCUT2D eigenvalue weighted by atomic mass is 10.1. The number of hydrogen-bond acceptors (Lipinski definition) is 5. The van der Waals surface area contributed by atoms with Gasteiger partial charge in [-0.3, -0.25) is 9.59 Å². The average Bonchev–Trinajstić information content (AvgIpc) is 2.53. The van der Waals surface area contributed by atoms with Gasteiger partial charge in [0.1, 0.15) is 23.6 Å². The van der Waals surface area contributed by atoms with Crippen molar-refractivity contribution >= 4 is 11.9 Å². The van der Waals surface area contributed by atoms with Crippen molar-refractivity contribution in [3.63, 3.8) is 0 Å². The van der Waals surface area contributed by atoms with Gasteiger partial charge in [0.2, 0.25) is 0 Å². The van der Waals surface area contributed by atoms with Gasteiger partial charge < -0.3 is 14.2 Å². The number of hydrogen-bond donors (Lipinski definition) is 0. The minimum Gasteiger partial charge on any atom is -0.486 e. The van der Waals surface area contributed by atoms with E-state index in [1.165, 1.54) is 0 Å². The molecule has 0 amide bonds. The molecule has 0 aliphatic rings. The lowest BCUT2D eigenvalue weighted by Gasteiger charge is -2.26. The van der Waals surface area contributed by atoms with Gasteiger partial charge in [-0.2, -0.15) is 0 Å². The Morgan fingerprint density at radius 3 is 2.31 bits per heavy atom. The summed E-state index contributed by atoms with van der Waals surface area (Å²) in [5, 5.41) is 0. The number of para-hydroxylation sites is 1. The molecule has 1 aromatic carbocycles. The Morgan fingerprint density at radius 1 is 1.15 bits per heavy atom. The summed E-state index contributed by atoms with van der Waals surface area (Å²) in [4.78, 5) is 24.2. The number of rotatable bonds is 9. The molecule has 144 valence electrons. The van der Waals surface area contributed by atoms with Gasteiger partial charge in [0.15, 0.2) is 0 Å². The quantitative estimate of drug-likeness (QED) is 0.484. The van der Waals surface area contributed by atoms with Crippen LogP contribution in [0, 0.1) is 5.92 Å². The van der Waals surface area contributed by atoms with Gasteiger partial charge in [-0.25, -0.2) is 0 Å². The highest BCUT2D eigenvalue weighted by molar-refractivity contribution is 5.79. The molecule has 5 heteroatoms. The predicted octanol–water partition coefficient (Wildman–Crippen LogP) is 4.31. The molecule has 0 aromatic heterocycles. The first-order chi connectivity index (χ1) is 12.1. The van der Waals surface area contributed by atoms with E-state index >= 15 is 0 Å². The van der Waals surface area contributed by atoms with Crippen LogP contribution in [0.3, 0.4) is 0 Å². The van der Waals surface area contributed by atoms with Crippen LogP contribution in [0.5, 0.6) is 5.75 Å². The predicted molar refractivity (Wildman–Crippen MR) is 101 cm³/mol. The number of ether oxygens (including phenoxy) is 3. The molecule has 0 saturated carbocycles. The molecule has 0 spiro atoms. The second-order valence-corrected chi connectivity index (χ2v) is 7.33. The maximum atomic E-state index is 12.3. The van der Waals surface area contributed by atoms with Crippen LogP contribution in [0.15, 0.2) is 43.0 Å². The Bertz CT molecular complexity index is 588. The third kappa shape index (κ3) is 8.19. The molecule has 0 fully saturated rings. The van der Waals surface area contributed by atoms with Crippen molar-refractivity contribution in [3.8, 4) is 5.75 Å². The molecule has 0 N–H and O–H groups in total. The zero-order chi connectivity index (χ0) is 19.7. The van der Waals surface area contributed by atoms with Gasteiger partial charge in [-0.15, -0.1) is 6.58 Å². The Hall–Kier alpha value is -2.30. The molecule has 0 aliphatic heterocycles. The first-order valence-electron chi connectivity index (χ1n) is 8.87. The maximum Gasteiger partial charge on any atom is 0.309 e. The first kappa shape index (κ1) is 21.7. The molecule has 1 rings (SSSR count). The molecule has 3 atom stereocenters. The van der Waals surface area contributed by atoms with E-state index < -0.39 is 29.6 Å². The Kier molecular flexibility index (Phi) is 8.36. The van der Waals surface area contributed by atoms with Gasteiger partial charge in [0.05, 0.1) is 12.3 Å². The summed E-state index contributed by atoms with van der Waals surface area (Å²) in [6.07, 6.45) is 1.40. The second kappa shape index (κ2) is 10.00. The van der Waals surface area contributed by atoms with Gasteiger partial charge >= 0.3 is 11.9 Å². The molecule has 0 aliphatic carbocycles. The van der Waals surface area contributed by atoms with Crippen molar-refractivity contribution in [1.29, 1.82) is 0 Å². The van der Waals surface area contributed by atoms with Gasteiger partial charge in [-0.05, 0) is 39.8 Å². The number of carbonyl (C=O) groups is 2. The van der Waals surface area contributed by atoms with E-state index in [1.807, 2.05) is 30.3 Å². The van der Waals surface area contributed by atoms with E-state index in [0.29, 0.717) is 12.2 Å². The molecule has 5 nitrogen and oxygen atoms in total. The summed E-state index contributed by atoms with van der Waals surface area (Å²) < 4.78 is 16.7. The van der Waals surface area contributed by atoms with Crippen LogP contribution >= 0.6 is 0 Å². The fourth-order valence-electron chi connectivity index (χ4n) is 2.27. The number of benzene rings is 1. The highest BCUT2D eigenvalue weighted by Gasteiger charge is 2.27. The second-order valence-electron chi connectivity index (χ2n) is 7.33. The van der Waals surface area contributed by atoms with Crippen molar-refractivity contribution in [1.82, 2.24) is 0 Å². The number of carbonyl (C=O) groups excluding carboxylic acids is 2. The van der Waals surface area contributed by atoms with E-state index in [9.17, 15) is 9.59 Å². The van der Waals surface area contributed by atoms with Gasteiger partial charge in [0.25, 0.3) is 0 Å². The highest BCUT2D eigenvalue weighted by Crippen LogP contribution is 2.19. The van der Waals surface area contributed by atoms with Crippen molar-refractivity contribution in [2.45, 2.75) is 65.3 Å².